The number of benzene rings is 2. The van der Waals surface area contributed by atoms with E-state index in [0.717, 1.165) is 61.4 Å². The molecule has 1 saturated carbocycles. The molecule has 0 atom stereocenters. The van der Waals surface area contributed by atoms with Crippen LogP contribution in [0.1, 0.15) is 49.3 Å². The summed E-state index contributed by atoms with van der Waals surface area (Å²) < 4.78 is 40.7. The predicted molar refractivity (Wildman–Crippen MR) is 175 cm³/mol. The largest absolute Gasteiger partial charge is 0.586 e. The van der Waals surface area contributed by atoms with E-state index in [0.29, 0.717) is 30.8 Å². The Kier molecular flexibility index (Phi) is 10.4. The van der Waals surface area contributed by atoms with Crippen LogP contribution in [0.4, 0.5) is 14.6 Å². The van der Waals surface area contributed by atoms with E-state index in [9.17, 15) is 18.4 Å². The highest BCUT2D eigenvalue weighted by Crippen LogP contribution is 2.52. The number of likely N-dealkylation sites (tertiary alicyclic amines) is 1. The number of aryl methyl sites for hydroxylation is 2. The van der Waals surface area contributed by atoms with Gasteiger partial charge in [0.2, 0.25) is 5.91 Å². The van der Waals surface area contributed by atoms with E-state index in [4.69, 9.17) is 4.74 Å². The van der Waals surface area contributed by atoms with Gasteiger partial charge in [-0.25, -0.2) is 4.98 Å². The number of amides is 1. The summed E-state index contributed by atoms with van der Waals surface area (Å²) in [6.45, 7) is 13.9. The number of hydrogen-bond donors (Lipinski definition) is 2. The number of nitrogens with one attached hydrogen (secondary N) is 2. The van der Waals surface area contributed by atoms with Crippen LogP contribution in [0.25, 0.3) is 11.3 Å². The summed E-state index contributed by atoms with van der Waals surface area (Å²) in [6.07, 6.45) is 1.11. The fourth-order valence-corrected chi connectivity index (χ4v) is 5.91. The monoisotopic (exact) mass is 648 g/mol. The fraction of sp³-hybridized carbons (Fsp3) is 0.417. The molecule has 11 heteroatoms. The molecule has 0 radical (unpaired) electrons. The quantitative estimate of drug-likeness (QED) is 0.194. The van der Waals surface area contributed by atoms with Crippen LogP contribution >= 0.6 is 0 Å². The Balaban J connectivity index is 0.000000230. The smallest absolute Gasteiger partial charge is 0.466 e. The Labute approximate surface area is 274 Å². The molecule has 9 nitrogen and oxygen atoms in total. The lowest BCUT2D eigenvalue weighted by Crippen LogP contribution is -2.39. The molecule has 1 aliphatic carbocycles. The first-order chi connectivity index (χ1) is 22.5. The minimum atomic E-state index is -3.68. The molecule has 1 aromatic heterocycles. The van der Waals surface area contributed by atoms with E-state index in [1.54, 1.807) is 18.3 Å². The molecule has 2 aliphatic heterocycles. The number of carbonyl (C=O) groups is 2. The van der Waals surface area contributed by atoms with Crippen molar-refractivity contribution in [3.8, 4) is 22.8 Å². The summed E-state index contributed by atoms with van der Waals surface area (Å²) in [4.78, 5) is 31.7. The van der Waals surface area contributed by atoms with Crippen LogP contribution < -0.4 is 20.1 Å². The number of hydrogen-bond acceptors (Lipinski definition) is 8. The predicted octanol–water partition coefficient (Wildman–Crippen LogP) is 6.35. The summed E-state index contributed by atoms with van der Waals surface area (Å²) in [6, 6.07) is 16.2. The van der Waals surface area contributed by atoms with Gasteiger partial charge in [-0.15, -0.1) is 8.78 Å². The molecular formula is C36H42F2N4O5. The number of anilines is 1. The van der Waals surface area contributed by atoms with Gasteiger partial charge < -0.3 is 29.7 Å². The summed E-state index contributed by atoms with van der Waals surface area (Å²) in [5, 5.41) is 5.99. The molecule has 6 rings (SSSR count). The van der Waals surface area contributed by atoms with Gasteiger partial charge >= 0.3 is 12.3 Å². The molecular weight excluding hydrogens is 606 g/mol. The highest BCUT2D eigenvalue weighted by atomic mass is 19.3. The van der Waals surface area contributed by atoms with E-state index >= 15 is 0 Å². The van der Waals surface area contributed by atoms with Gasteiger partial charge in [0.1, 0.15) is 5.82 Å². The van der Waals surface area contributed by atoms with Crippen LogP contribution in [0.2, 0.25) is 0 Å². The first-order valence-corrected chi connectivity index (χ1v) is 16.0. The number of piperidine rings is 1. The van der Waals surface area contributed by atoms with Crippen LogP contribution in [-0.4, -0.2) is 60.8 Å². The van der Waals surface area contributed by atoms with E-state index in [-0.39, 0.29) is 29.3 Å². The molecule has 2 fully saturated rings. The Morgan fingerprint density at radius 2 is 1.81 bits per heavy atom. The van der Waals surface area contributed by atoms with Crippen molar-refractivity contribution in [2.24, 2.45) is 5.92 Å². The Morgan fingerprint density at radius 3 is 2.49 bits per heavy atom. The molecule has 3 aromatic rings. The van der Waals surface area contributed by atoms with Crippen LogP contribution in [0.3, 0.4) is 0 Å². The van der Waals surface area contributed by atoms with Crippen molar-refractivity contribution >= 4 is 17.7 Å². The lowest BCUT2D eigenvalue weighted by Gasteiger charge is -2.30. The lowest BCUT2D eigenvalue weighted by atomic mass is 9.94. The van der Waals surface area contributed by atoms with Crippen molar-refractivity contribution in [2.75, 3.05) is 38.1 Å². The fourth-order valence-electron chi connectivity index (χ4n) is 5.91. The second kappa shape index (κ2) is 14.5. The average molecular weight is 649 g/mol. The summed E-state index contributed by atoms with van der Waals surface area (Å²) in [5.41, 5.74) is 3.74. The molecule has 1 saturated heterocycles. The van der Waals surface area contributed by atoms with E-state index in [1.165, 1.54) is 12.1 Å². The van der Waals surface area contributed by atoms with Gasteiger partial charge in [-0.1, -0.05) is 42.5 Å². The first-order valence-electron chi connectivity index (χ1n) is 16.0. The van der Waals surface area contributed by atoms with E-state index < -0.39 is 11.7 Å². The van der Waals surface area contributed by atoms with Gasteiger partial charge in [0, 0.05) is 18.7 Å². The molecule has 47 heavy (non-hydrogen) atoms. The number of ether oxygens (including phenoxy) is 3. The second-order valence-electron chi connectivity index (χ2n) is 12.1. The van der Waals surface area contributed by atoms with Crippen molar-refractivity contribution < 1.29 is 32.6 Å². The summed E-state index contributed by atoms with van der Waals surface area (Å²) >= 11 is 0. The van der Waals surface area contributed by atoms with Crippen LogP contribution in [0.15, 0.2) is 67.4 Å². The zero-order chi connectivity index (χ0) is 33.6. The number of nitrogens with zero attached hydrogens (tertiary/aromatic N) is 2. The van der Waals surface area contributed by atoms with Gasteiger partial charge in [-0.2, -0.15) is 0 Å². The summed E-state index contributed by atoms with van der Waals surface area (Å²) in [7, 11) is 0. The van der Waals surface area contributed by atoms with Crippen LogP contribution in [-0.2, 0) is 19.7 Å². The maximum absolute atomic E-state index is 13.3. The molecule has 0 spiro atoms. The van der Waals surface area contributed by atoms with E-state index in [1.807, 2.05) is 51.1 Å². The van der Waals surface area contributed by atoms with Gasteiger partial charge in [0.05, 0.1) is 23.6 Å². The SMILES string of the molecule is C=CNCCN1CCC(C(=O)OCC)CC1.Cc1cccc(-c2nc(NC(=O)C3(c4ccc5c(c4)OC(F)(F)O5)CC3)ccc2C)c1. The molecule has 0 unspecified atom stereocenters. The number of fused-ring (bicyclic) bond motifs is 1. The third kappa shape index (κ3) is 8.26. The van der Waals surface area contributed by atoms with Crippen molar-refractivity contribution in [3.63, 3.8) is 0 Å². The maximum atomic E-state index is 13.3. The molecule has 3 heterocycles. The van der Waals surface area contributed by atoms with Gasteiger partial charge in [0.25, 0.3) is 0 Å². The maximum Gasteiger partial charge on any atom is 0.586 e. The second-order valence-corrected chi connectivity index (χ2v) is 12.1. The highest BCUT2D eigenvalue weighted by molar-refractivity contribution is 6.01. The highest BCUT2D eigenvalue weighted by Gasteiger charge is 2.53. The topological polar surface area (TPSA) is 102 Å². The number of carbonyl (C=O) groups excluding carboxylic acids is 2. The van der Waals surface area contributed by atoms with Gasteiger partial charge in [0.15, 0.2) is 11.5 Å². The number of rotatable bonds is 10. The Hall–Kier alpha value is -4.51. The van der Waals surface area contributed by atoms with Gasteiger partial charge in [-0.05, 0) is 101 Å². The molecule has 2 aromatic carbocycles. The minimum Gasteiger partial charge on any atom is -0.466 e. The van der Waals surface area contributed by atoms with E-state index in [2.05, 4.69) is 36.6 Å². The molecule has 1 amide bonds. The van der Waals surface area contributed by atoms with Crippen LogP contribution in [0.5, 0.6) is 11.5 Å². The number of aromatic nitrogens is 1. The number of alkyl halides is 2. The Morgan fingerprint density at radius 1 is 1.06 bits per heavy atom. The zero-order valence-electron chi connectivity index (χ0n) is 27.1. The molecule has 2 N–H and O–H groups in total. The number of pyridine rings is 1. The van der Waals surface area contributed by atoms with Crippen molar-refractivity contribution in [3.05, 3.63) is 84.1 Å². The van der Waals surface area contributed by atoms with Crippen LogP contribution in [0, 0.1) is 19.8 Å². The van der Waals surface area contributed by atoms with Crippen molar-refractivity contribution in [1.82, 2.24) is 15.2 Å². The number of esters is 1. The molecule has 3 aliphatic rings. The Bertz CT molecular complexity index is 1600. The van der Waals surface area contributed by atoms with Crippen molar-refractivity contribution in [2.45, 2.75) is 58.2 Å². The molecule has 250 valence electrons. The third-order valence-corrected chi connectivity index (χ3v) is 8.69. The van der Waals surface area contributed by atoms with Crippen molar-refractivity contribution in [1.29, 1.82) is 0 Å². The lowest BCUT2D eigenvalue weighted by molar-refractivity contribution is -0.286. The minimum absolute atomic E-state index is 0.0219. The molecule has 0 bridgehead atoms. The third-order valence-electron chi connectivity index (χ3n) is 8.69. The summed E-state index contributed by atoms with van der Waals surface area (Å²) in [5.74, 6) is 0.231. The zero-order valence-corrected chi connectivity index (χ0v) is 27.1. The number of halogens is 2. The van der Waals surface area contributed by atoms with Gasteiger partial charge in [-0.3, -0.25) is 9.59 Å². The average Bonchev–Trinajstić information content (AvgIpc) is 3.80. The normalized spacial score (nSPS) is 17.6. The first kappa shape index (κ1) is 33.8. The standard InChI is InChI=1S/C24H20F2N2O3.C12H22N2O2/c1-14-4-3-5-16(12-14)21-15(2)6-9-20(27-21)28-22(29)23(10-11-23)17-7-8-18-19(13-17)31-24(25,26)30-18;1-3-13-7-10-14-8-5-11(6-9-14)12(15)16-4-2/h3-9,12-13H,10-11H2,1-2H3,(H,27,28,29);3,11,13H,1,4-10H2,2H3.